The van der Waals surface area contributed by atoms with Crippen molar-refractivity contribution >= 4 is 17.7 Å². The smallest absolute Gasteiger partial charge is 0.276 e. The highest BCUT2D eigenvalue weighted by molar-refractivity contribution is 5.92. The van der Waals surface area contributed by atoms with E-state index in [0.29, 0.717) is 25.3 Å². The zero-order chi connectivity index (χ0) is 18.1. The molecule has 0 N–H and O–H groups in total. The van der Waals surface area contributed by atoms with Crippen LogP contribution >= 0.6 is 0 Å². The van der Waals surface area contributed by atoms with Crippen LogP contribution in [0.4, 0.5) is 5.69 Å². The molecule has 130 valence electrons. The molecule has 0 aliphatic rings. The molecule has 7 nitrogen and oxygen atoms in total. The van der Waals surface area contributed by atoms with Gasteiger partial charge in [-0.1, -0.05) is 18.2 Å². The summed E-state index contributed by atoms with van der Waals surface area (Å²) in [6, 6.07) is 11.8. The molecule has 0 radical (unpaired) electrons. The van der Waals surface area contributed by atoms with Crippen molar-refractivity contribution in [2.45, 2.75) is 6.54 Å². The van der Waals surface area contributed by atoms with Crippen molar-refractivity contribution in [2.75, 3.05) is 20.3 Å². The number of carbonyl (C=O) groups is 1. The molecule has 0 fully saturated rings. The van der Waals surface area contributed by atoms with Crippen LogP contribution in [0.2, 0.25) is 0 Å². The van der Waals surface area contributed by atoms with Crippen molar-refractivity contribution in [3.63, 3.8) is 0 Å². The van der Waals surface area contributed by atoms with Gasteiger partial charge in [0.1, 0.15) is 0 Å². The maximum Gasteiger partial charge on any atom is 0.276 e. The van der Waals surface area contributed by atoms with Crippen LogP contribution in [0, 0.1) is 10.1 Å². The van der Waals surface area contributed by atoms with Crippen molar-refractivity contribution in [3.8, 4) is 0 Å². The van der Waals surface area contributed by atoms with Gasteiger partial charge in [-0.15, -0.1) is 0 Å². The lowest BCUT2D eigenvalue weighted by Gasteiger charge is -2.20. The SMILES string of the molecule is COCCN(Cc1ccccn1)C(=O)/C=C/c1ccccc1[N+](=O)[O-]. The Hall–Kier alpha value is -3.06. The summed E-state index contributed by atoms with van der Waals surface area (Å²) in [6.07, 6.45) is 4.46. The van der Waals surface area contributed by atoms with Crippen molar-refractivity contribution in [1.29, 1.82) is 0 Å². The van der Waals surface area contributed by atoms with Crippen LogP contribution in [-0.4, -0.2) is 41.0 Å². The van der Waals surface area contributed by atoms with E-state index in [1.54, 1.807) is 42.5 Å². The molecule has 0 saturated carbocycles. The van der Waals surface area contributed by atoms with E-state index in [-0.39, 0.29) is 11.6 Å². The number of aromatic nitrogens is 1. The highest BCUT2D eigenvalue weighted by Crippen LogP contribution is 2.19. The molecule has 2 rings (SSSR count). The molecule has 1 aromatic heterocycles. The van der Waals surface area contributed by atoms with Crippen molar-refractivity contribution in [3.05, 3.63) is 76.1 Å². The van der Waals surface area contributed by atoms with Crippen LogP contribution in [0.1, 0.15) is 11.3 Å². The summed E-state index contributed by atoms with van der Waals surface area (Å²) in [5.74, 6) is -0.263. The summed E-state index contributed by atoms with van der Waals surface area (Å²) in [5.41, 5.74) is 1.09. The van der Waals surface area contributed by atoms with E-state index in [4.69, 9.17) is 4.74 Å². The van der Waals surface area contributed by atoms with Crippen molar-refractivity contribution in [1.82, 2.24) is 9.88 Å². The lowest BCUT2D eigenvalue weighted by Crippen LogP contribution is -2.32. The number of amides is 1. The van der Waals surface area contributed by atoms with Crippen LogP contribution in [-0.2, 0) is 16.1 Å². The molecule has 0 aliphatic heterocycles. The maximum atomic E-state index is 12.5. The van der Waals surface area contributed by atoms with E-state index in [9.17, 15) is 14.9 Å². The number of benzene rings is 1. The minimum absolute atomic E-state index is 0.0419. The first kappa shape index (κ1) is 18.3. The molecule has 0 atom stereocenters. The molecule has 0 spiro atoms. The quantitative estimate of drug-likeness (QED) is 0.419. The molecule has 1 aromatic carbocycles. The van der Waals surface area contributed by atoms with Gasteiger partial charge in [-0.2, -0.15) is 0 Å². The number of hydrogen-bond donors (Lipinski definition) is 0. The van der Waals surface area contributed by atoms with Gasteiger partial charge in [-0.3, -0.25) is 19.9 Å². The van der Waals surface area contributed by atoms with E-state index < -0.39 is 4.92 Å². The van der Waals surface area contributed by atoms with E-state index in [0.717, 1.165) is 5.69 Å². The van der Waals surface area contributed by atoms with E-state index >= 15 is 0 Å². The molecule has 7 heteroatoms. The second-order valence-electron chi connectivity index (χ2n) is 5.22. The third-order valence-electron chi connectivity index (χ3n) is 3.49. The van der Waals surface area contributed by atoms with Crippen LogP contribution < -0.4 is 0 Å². The van der Waals surface area contributed by atoms with Gasteiger partial charge < -0.3 is 9.64 Å². The number of rotatable bonds is 8. The Morgan fingerprint density at radius 1 is 1.28 bits per heavy atom. The fourth-order valence-electron chi connectivity index (χ4n) is 2.22. The molecule has 0 aliphatic carbocycles. The van der Waals surface area contributed by atoms with Gasteiger partial charge in [-0.25, -0.2) is 0 Å². The average Bonchev–Trinajstić information content (AvgIpc) is 2.64. The number of hydrogen-bond acceptors (Lipinski definition) is 5. The summed E-state index contributed by atoms with van der Waals surface area (Å²) in [6.45, 7) is 1.12. The standard InChI is InChI=1S/C18H19N3O4/c1-25-13-12-20(14-16-7-4-5-11-19-16)18(22)10-9-15-6-2-3-8-17(15)21(23)24/h2-11H,12-14H2,1H3/b10-9+. The number of ether oxygens (including phenoxy) is 1. The van der Waals surface area contributed by atoms with E-state index in [2.05, 4.69) is 4.98 Å². The zero-order valence-electron chi connectivity index (χ0n) is 13.9. The molecule has 0 bridgehead atoms. The molecular formula is C18H19N3O4. The Labute approximate surface area is 145 Å². The molecule has 0 saturated heterocycles. The predicted molar refractivity (Wildman–Crippen MR) is 93.7 cm³/mol. The Bertz CT molecular complexity index is 747. The molecule has 1 amide bonds. The third kappa shape index (κ3) is 5.50. The first-order chi connectivity index (χ1) is 12.1. The first-order valence-electron chi connectivity index (χ1n) is 7.71. The van der Waals surface area contributed by atoms with Gasteiger partial charge in [0.2, 0.25) is 5.91 Å². The average molecular weight is 341 g/mol. The van der Waals surface area contributed by atoms with Gasteiger partial charge in [0.25, 0.3) is 5.69 Å². The van der Waals surface area contributed by atoms with Crippen LogP contribution in [0.25, 0.3) is 6.08 Å². The monoisotopic (exact) mass is 341 g/mol. The van der Waals surface area contributed by atoms with Crippen molar-refractivity contribution < 1.29 is 14.5 Å². The van der Waals surface area contributed by atoms with Gasteiger partial charge in [-0.05, 0) is 24.3 Å². The Morgan fingerprint density at radius 3 is 2.72 bits per heavy atom. The fraction of sp³-hybridized carbons (Fsp3) is 0.222. The van der Waals surface area contributed by atoms with Gasteiger partial charge in [0, 0.05) is 32.0 Å². The molecule has 25 heavy (non-hydrogen) atoms. The highest BCUT2D eigenvalue weighted by atomic mass is 16.6. The largest absolute Gasteiger partial charge is 0.383 e. The minimum atomic E-state index is -0.471. The normalized spacial score (nSPS) is 10.8. The number of pyridine rings is 1. The summed E-state index contributed by atoms with van der Waals surface area (Å²) < 4.78 is 5.05. The Morgan fingerprint density at radius 2 is 2.04 bits per heavy atom. The van der Waals surface area contributed by atoms with Crippen LogP contribution in [0.5, 0.6) is 0 Å². The number of methoxy groups -OCH3 is 1. The van der Waals surface area contributed by atoms with Crippen LogP contribution in [0.15, 0.2) is 54.7 Å². The van der Waals surface area contributed by atoms with Crippen molar-refractivity contribution in [2.24, 2.45) is 0 Å². The first-order valence-corrected chi connectivity index (χ1v) is 7.71. The molecule has 0 unspecified atom stereocenters. The van der Waals surface area contributed by atoms with Gasteiger partial charge in [0.05, 0.1) is 29.3 Å². The van der Waals surface area contributed by atoms with Gasteiger partial charge in [0.15, 0.2) is 0 Å². The number of nitro groups is 1. The lowest BCUT2D eigenvalue weighted by molar-refractivity contribution is -0.385. The number of nitro benzene ring substituents is 1. The fourth-order valence-corrected chi connectivity index (χ4v) is 2.22. The highest BCUT2D eigenvalue weighted by Gasteiger charge is 2.14. The topological polar surface area (TPSA) is 85.6 Å². The predicted octanol–water partition coefficient (Wildman–Crippen LogP) is 2.68. The third-order valence-corrected chi connectivity index (χ3v) is 3.49. The minimum Gasteiger partial charge on any atom is -0.383 e. The second-order valence-corrected chi connectivity index (χ2v) is 5.22. The Kier molecular flexibility index (Phi) is 6.79. The summed E-state index contributed by atoms with van der Waals surface area (Å²) in [7, 11) is 1.56. The maximum absolute atomic E-state index is 12.5. The Balaban J connectivity index is 2.15. The molecular weight excluding hydrogens is 322 g/mol. The van der Waals surface area contributed by atoms with E-state index in [1.165, 1.54) is 18.2 Å². The summed E-state index contributed by atoms with van der Waals surface area (Å²) >= 11 is 0. The second kappa shape index (κ2) is 9.29. The number of carbonyl (C=O) groups excluding carboxylic acids is 1. The number of para-hydroxylation sites is 1. The molecule has 2 aromatic rings. The van der Waals surface area contributed by atoms with Crippen LogP contribution in [0.3, 0.4) is 0 Å². The number of nitrogens with zero attached hydrogens (tertiary/aromatic N) is 3. The summed E-state index contributed by atoms with van der Waals surface area (Å²) in [4.78, 5) is 28.9. The zero-order valence-corrected chi connectivity index (χ0v) is 13.9. The molecule has 1 heterocycles. The van der Waals surface area contributed by atoms with Gasteiger partial charge >= 0.3 is 0 Å². The van der Waals surface area contributed by atoms with E-state index in [1.807, 2.05) is 12.1 Å². The lowest BCUT2D eigenvalue weighted by atomic mass is 10.1. The summed E-state index contributed by atoms with van der Waals surface area (Å²) in [5, 5.41) is 11.0.